The Balaban J connectivity index is 1.67. The summed E-state index contributed by atoms with van der Waals surface area (Å²) < 4.78 is 0. The van der Waals surface area contributed by atoms with Crippen molar-refractivity contribution in [1.82, 2.24) is 15.2 Å². The molecule has 2 aliphatic rings. The summed E-state index contributed by atoms with van der Waals surface area (Å²) in [5.74, 6) is 1.22. The molecule has 0 unspecified atom stereocenters. The second kappa shape index (κ2) is 7.08. The number of nitrogens with zero attached hydrogens (tertiary/aromatic N) is 3. The van der Waals surface area contributed by atoms with Crippen molar-refractivity contribution in [3.05, 3.63) is 35.9 Å². The molecule has 24 heavy (non-hydrogen) atoms. The van der Waals surface area contributed by atoms with E-state index in [2.05, 4.69) is 52.4 Å². The first-order valence-corrected chi connectivity index (χ1v) is 9.39. The third kappa shape index (κ3) is 3.40. The van der Waals surface area contributed by atoms with Crippen LogP contribution < -0.4 is 10.2 Å². The highest BCUT2D eigenvalue weighted by Crippen LogP contribution is 2.27. The molecular formula is C20H28N4. The number of hydrogen-bond donors (Lipinski definition) is 1. The molecule has 0 bridgehead atoms. The summed E-state index contributed by atoms with van der Waals surface area (Å²) in [4.78, 5) is 10.1. The van der Waals surface area contributed by atoms with Crippen LogP contribution in [0.2, 0.25) is 0 Å². The number of nitrogens with one attached hydrogen (secondary N) is 1. The van der Waals surface area contributed by atoms with Gasteiger partial charge in [-0.15, -0.1) is 0 Å². The topological polar surface area (TPSA) is 31.4 Å². The molecule has 1 aromatic carbocycles. The Morgan fingerprint density at radius 1 is 1.12 bits per heavy atom. The predicted octanol–water partition coefficient (Wildman–Crippen LogP) is 3.02. The molecule has 0 spiro atoms. The van der Waals surface area contributed by atoms with Gasteiger partial charge in [-0.1, -0.05) is 18.2 Å². The van der Waals surface area contributed by atoms with Crippen LogP contribution in [0.1, 0.15) is 31.7 Å². The molecule has 0 saturated carbocycles. The van der Waals surface area contributed by atoms with E-state index in [9.17, 15) is 0 Å². The fourth-order valence-corrected chi connectivity index (χ4v) is 4.04. The van der Waals surface area contributed by atoms with Gasteiger partial charge in [0.05, 0.1) is 5.52 Å². The lowest BCUT2D eigenvalue weighted by molar-refractivity contribution is 0.199. The first-order valence-electron chi connectivity index (χ1n) is 9.39. The number of rotatable bonds is 3. The van der Waals surface area contributed by atoms with Gasteiger partial charge in [-0.05, 0) is 38.3 Å². The Kier molecular flexibility index (Phi) is 4.67. The Bertz CT molecular complexity index is 693. The maximum atomic E-state index is 5.07. The van der Waals surface area contributed by atoms with Crippen molar-refractivity contribution < 1.29 is 0 Å². The second-order valence-corrected chi connectivity index (χ2v) is 7.30. The van der Waals surface area contributed by atoms with Crippen LogP contribution in [0, 0.1) is 0 Å². The molecule has 2 fully saturated rings. The van der Waals surface area contributed by atoms with Crippen molar-refractivity contribution in [2.24, 2.45) is 0 Å². The summed E-state index contributed by atoms with van der Waals surface area (Å²) in [6, 6.07) is 11.5. The summed E-state index contributed by atoms with van der Waals surface area (Å²) in [5, 5.41) is 4.80. The van der Waals surface area contributed by atoms with Crippen molar-refractivity contribution in [2.45, 2.75) is 38.8 Å². The third-order valence-corrected chi connectivity index (χ3v) is 5.28. The summed E-state index contributed by atoms with van der Waals surface area (Å²) in [6.45, 7) is 8.91. The second-order valence-electron chi connectivity index (χ2n) is 7.30. The Morgan fingerprint density at radius 3 is 2.79 bits per heavy atom. The fraction of sp³-hybridized carbons (Fsp3) is 0.550. The van der Waals surface area contributed by atoms with Gasteiger partial charge in [0, 0.05) is 56.3 Å². The largest absolute Gasteiger partial charge is 0.356 e. The van der Waals surface area contributed by atoms with Gasteiger partial charge in [0.15, 0.2) is 0 Å². The van der Waals surface area contributed by atoms with Crippen molar-refractivity contribution in [3.8, 4) is 0 Å². The molecule has 1 atom stereocenters. The van der Waals surface area contributed by atoms with Crippen LogP contribution in [0.25, 0.3) is 10.9 Å². The van der Waals surface area contributed by atoms with Gasteiger partial charge in [0.1, 0.15) is 5.82 Å². The van der Waals surface area contributed by atoms with Crippen LogP contribution in [-0.4, -0.2) is 48.6 Å². The smallest absolute Gasteiger partial charge is 0.133 e. The third-order valence-electron chi connectivity index (χ3n) is 5.28. The van der Waals surface area contributed by atoms with Gasteiger partial charge in [0.2, 0.25) is 0 Å². The molecule has 128 valence electrons. The molecule has 2 aliphatic heterocycles. The number of aromatic nitrogens is 1. The maximum absolute atomic E-state index is 5.07. The molecule has 4 rings (SSSR count). The first kappa shape index (κ1) is 15.9. The van der Waals surface area contributed by atoms with Crippen LogP contribution in [0.3, 0.4) is 0 Å². The molecule has 3 heterocycles. The van der Waals surface area contributed by atoms with Gasteiger partial charge < -0.3 is 10.2 Å². The average Bonchev–Trinajstić information content (AvgIpc) is 2.62. The lowest BCUT2D eigenvalue weighted by atomic mass is 10.1. The highest BCUT2D eigenvalue weighted by Gasteiger charge is 2.21. The zero-order valence-electron chi connectivity index (χ0n) is 14.7. The van der Waals surface area contributed by atoms with Gasteiger partial charge in [-0.3, -0.25) is 4.90 Å². The molecule has 2 aromatic rings. The van der Waals surface area contributed by atoms with Gasteiger partial charge >= 0.3 is 0 Å². The lowest BCUT2D eigenvalue weighted by Gasteiger charge is -2.34. The van der Waals surface area contributed by atoms with E-state index >= 15 is 0 Å². The average molecular weight is 324 g/mol. The SMILES string of the molecule is C[C@@H]1CN(Cc2cc3ccccc3nc2N2CCCCC2)CCN1. The van der Waals surface area contributed by atoms with Gasteiger partial charge in [0.25, 0.3) is 0 Å². The van der Waals surface area contributed by atoms with E-state index in [-0.39, 0.29) is 0 Å². The van der Waals surface area contributed by atoms with E-state index in [0.717, 1.165) is 44.8 Å². The van der Waals surface area contributed by atoms with E-state index in [4.69, 9.17) is 4.98 Å². The molecule has 0 radical (unpaired) electrons. The Morgan fingerprint density at radius 2 is 1.96 bits per heavy atom. The van der Waals surface area contributed by atoms with E-state index < -0.39 is 0 Å². The first-order chi connectivity index (χ1) is 11.8. The van der Waals surface area contributed by atoms with E-state index in [1.807, 2.05) is 0 Å². The highest BCUT2D eigenvalue weighted by atomic mass is 15.2. The standard InChI is InChI=1S/C20H28N4/c1-16-14-23(12-9-21-16)15-18-13-17-7-3-4-8-19(17)22-20(18)24-10-5-2-6-11-24/h3-4,7-8,13,16,21H,2,5-6,9-12,14-15H2,1H3/t16-/m1/s1. The quantitative estimate of drug-likeness (QED) is 0.940. The number of hydrogen-bond acceptors (Lipinski definition) is 4. The fourth-order valence-electron chi connectivity index (χ4n) is 4.04. The maximum Gasteiger partial charge on any atom is 0.133 e. The van der Waals surface area contributed by atoms with Crippen molar-refractivity contribution in [1.29, 1.82) is 0 Å². The lowest BCUT2D eigenvalue weighted by Crippen LogP contribution is -2.48. The molecule has 0 amide bonds. The zero-order valence-corrected chi connectivity index (χ0v) is 14.7. The minimum Gasteiger partial charge on any atom is -0.356 e. The molecule has 2 saturated heterocycles. The normalized spacial score (nSPS) is 22.9. The number of para-hydroxylation sites is 1. The van der Waals surface area contributed by atoms with Crippen LogP contribution in [0.5, 0.6) is 0 Å². The summed E-state index contributed by atoms with van der Waals surface area (Å²) in [7, 11) is 0. The van der Waals surface area contributed by atoms with Crippen LogP contribution in [0.15, 0.2) is 30.3 Å². The Labute approximate surface area is 144 Å². The van der Waals surface area contributed by atoms with E-state index in [0.29, 0.717) is 6.04 Å². The molecule has 1 N–H and O–H groups in total. The molecular weight excluding hydrogens is 296 g/mol. The molecule has 4 nitrogen and oxygen atoms in total. The summed E-state index contributed by atoms with van der Waals surface area (Å²) in [5.41, 5.74) is 2.51. The Hall–Kier alpha value is -1.65. The van der Waals surface area contributed by atoms with E-state index in [1.54, 1.807) is 0 Å². The van der Waals surface area contributed by atoms with Crippen LogP contribution in [-0.2, 0) is 6.54 Å². The van der Waals surface area contributed by atoms with Crippen LogP contribution >= 0.6 is 0 Å². The predicted molar refractivity (Wildman–Crippen MR) is 101 cm³/mol. The molecule has 1 aromatic heterocycles. The van der Waals surface area contributed by atoms with Crippen LogP contribution in [0.4, 0.5) is 5.82 Å². The van der Waals surface area contributed by atoms with Gasteiger partial charge in [-0.25, -0.2) is 4.98 Å². The van der Waals surface area contributed by atoms with Gasteiger partial charge in [-0.2, -0.15) is 0 Å². The number of piperazine rings is 1. The summed E-state index contributed by atoms with van der Waals surface area (Å²) >= 11 is 0. The highest BCUT2D eigenvalue weighted by molar-refractivity contribution is 5.81. The van der Waals surface area contributed by atoms with Crippen molar-refractivity contribution in [3.63, 3.8) is 0 Å². The number of benzene rings is 1. The van der Waals surface area contributed by atoms with E-state index in [1.165, 1.54) is 36.0 Å². The summed E-state index contributed by atoms with van der Waals surface area (Å²) in [6.07, 6.45) is 3.94. The molecule has 4 heteroatoms. The number of piperidine rings is 1. The molecule has 0 aliphatic carbocycles. The minimum absolute atomic E-state index is 0.575. The monoisotopic (exact) mass is 324 g/mol. The minimum atomic E-state index is 0.575. The zero-order chi connectivity index (χ0) is 16.4. The number of anilines is 1. The van der Waals surface area contributed by atoms with Crippen molar-refractivity contribution >= 4 is 16.7 Å². The number of pyridine rings is 1. The van der Waals surface area contributed by atoms with Crippen molar-refractivity contribution in [2.75, 3.05) is 37.6 Å². The number of fused-ring (bicyclic) bond motifs is 1.